The standard InChI is InChI=1S/C13H13N2.C5H12O2.Pt/c1-9-10(2)15-13(11(3)14-9)12-7-5-4-6-8-12;1-4(6)3-5(2)7;/h4-7H,1-3H3;4-7H,3H2,1-2H3;/q-1;;. The Morgan fingerprint density at radius 1 is 0.957 bits per heavy atom. The van der Waals surface area contributed by atoms with Crippen molar-refractivity contribution in [3.8, 4) is 11.3 Å². The van der Waals surface area contributed by atoms with Crippen molar-refractivity contribution in [2.75, 3.05) is 0 Å². The summed E-state index contributed by atoms with van der Waals surface area (Å²) >= 11 is 0. The molecule has 0 radical (unpaired) electrons. The second-order valence-electron chi connectivity index (χ2n) is 5.54. The van der Waals surface area contributed by atoms with Crippen LogP contribution in [0.5, 0.6) is 0 Å². The number of hydrogen-bond acceptors (Lipinski definition) is 4. The number of aryl methyl sites for hydroxylation is 3. The summed E-state index contributed by atoms with van der Waals surface area (Å²) in [5.41, 5.74) is 4.87. The van der Waals surface area contributed by atoms with Crippen molar-refractivity contribution >= 4 is 0 Å². The molecule has 0 spiro atoms. The molecule has 1 aromatic heterocycles. The van der Waals surface area contributed by atoms with Crippen molar-refractivity contribution in [1.82, 2.24) is 9.97 Å². The van der Waals surface area contributed by atoms with Crippen LogP contribution in [0, 0.1) is 26.8 Å². The van der Waals surface area contributed by atoms with Gasteiger partial charge in [0, 0.05) is 38.1 Å². The first-order valence-electron chi connectivity index (χ1n) is 7.46. The van der Waals surface area contributed by atoms with Gasteiger partial charge in [0.2, 0.25) is 0 Å². The second kappa shape index (κ2) is 10.6. The van der Waals surface area contributed by atoms with E-state index in [0.717, 1.165) is 28.3 Å². The summed E-state index contributed by atoms with van der Waals surface area (Å²) in [5, 5.41) is 17.1. The molecule has 130 valence electrons. The molecule has 2 N–H and O–H groups in total. The van der Waals surface area contributed by atoms with Gasteiger partial charge in [0.15, 0.2) is 0 Å². The molecule has 0 fully saturated rings. The number of benzene rings is 1. The van der Waals surface area contributed by atoms with Crippen LogP contribution in [-0.2, 0) is 21.1 Å². The molecule has 0 aliphatic carbocycles. The molecule has 0 aliphatic heterocycles. The van der Waals surface area contributed by atoms with Crippen LogP contribution in [0.2, 0.25) is 0 Å². The normalized spacial score (nSPS) is 12.5. The minimum absolute atomic E-state index is 0. The van der Waals surface area contributed by atoms with Crippen molar-refractivity contribution < 1.29 is 31.3 Å². The molecular weight excluding hydrogens is 471 g/mol. The molecule has 23 heavy (non-hydrogen) atoms. The monoisotopic (exact) mass is 496 g/mol. The third-order valence-corrected chi connectivity index (χ3v) is 3.13. The smallest absolute Gasteiger partial charge is 0.0569 e. The minimum Gasteiger partial charge on any atom is -0.393 e. The van der Waals surface area contributed by atoms with Crippen LogP contribution in [0.3, 0.4) is 0 Å². The van der Waals surface area contributed by atoms with Gasteiger partial charge in [-0.05, 0) is 41.0 Å². The van der Waals surface area contributed by atoms with Gasteiger partial charge in [0.25, 0.3) is 0 Å². The quantitative estimate of drug-likeness (QED) is 0.642. The van der Waals surface area contributed by atoms with Crippen molar-refractivity contribution in [3.63, 3.8) is 0 Å². The Labute approximate surface area is 153 Å². The maximum absolute atomic E-state index is 8.56. The fraction of sp³-hybridized carbons (Fsp3) is 0.444. The number of rotatable bonds is 3. The number of aliphatic hydroxyl groups is 2. The molecule has 0 bridgehead atoms. The maximum atomic E-state index is 8.56. The van der Waals surface area contributed by atoms with Gasteiger partial charge in [-0.2, -0.15) is 0 Å². The fourth-order valence-electron chi connectivity index (χ4n) is 2.00. The van der Waals surface area contributed by atoms with Crippen LogP contribution >= 0.6 is 0 Å². The Morgan fingerprint density at radius 2 is 1.52 bits per heavy atom. The second-order valence-corrected chi connectivity index (χ2v) is 5.54. The van der Waals surface area contributed by atoms with Gasteiger partial charge >= 0.3 is 0 Å². The zero-order valence-electron chi connectivity index (χ0n) is 14.3. The number of aromatic nitrogens is 2. The summed E-state index contributed by atoms with van der Waals surface area (Å²) in [6, 6.07) is 11.0. The van der Waals surface area contributed by atoms with Gasteiger partial charge in [0.05, 0.1) is 17.9 Å². The summed E-state index contributed by atoms with van der Waals surface area (Å²) in [6.07, 6.45) is -0.278. The predicted molar refractivity (Wildman–Crippen MR) is 88.5 cm³/mol. The van der Waals surface area contributed by atoms with E-state index in [1.807, 2.05) is 45.0 Å². The van der Waals surface area contributed by atoms with Crippen LogP contribution in [-0.4, -0.2) is 32.4 Å². The molecule has 0 saturated carbocycles. The summed E-state index contributed by atoms with van der Waals surface area (Å²) in [6.45, 7) is 9.26. The Kier molecular flexibility index (Phi) is 10.1. The van der Waals surface area contributed by atoms with E-state index in [4.69, 9.17) is 10.2 Å². The van der Waals surface area contributed by atoms with Crippen molar-refractivity contribution in [2.45, 2.75) is 53.2 Å². The van der Waals surface area contributed by atoms with Gasteiger partial charge in [0.1, 0.15) is 0 Å². The molecule has 0 amide bonds. The number of aliphatic hydroxyl groups excluding tert-OH is 2. The van der Waals surface area contributed by atoms with Gasteiger partial charge < -0.3 is 10.2 Å². The molecule has 2 atom stereocenters. The van der Waals surface area contributed by atoms with E-state index >= 15 is 0 Å². The van der Waals surface area contributed by atoms with E-state index in [1.165, 1.54) is 0 Å². The van der Waals surface area contributed by atoms with Gasteiger partial charge in [-0.25, -0.2) is 0 Å². The molecule has 5 heteroatoms. The summed E-state index contributed by atoms with van der Waals surface area (Å²) in [4.78, 5) is 9.02. The molecule has 2 unspecified atom stereocenters. The maximum Gasteiger partial charge on any atom is 0.0569 e. The average Bonchev–Trinajstić information content (AvgIpc) is 2.43. The first kappa shape index (κ1) is 21.9. The summed E-state index contributed by atoms with van der Waals surface area (Å²) in [5.74, 6) is 0. The molecule has 2 rings (SSSR count). The molecule has 1 aromatic carbocycles. The summed E-state index contributed by atoms with van der Waals surface area (Å²) in [7, 11) is 0. The van der Waals surface area contributed by atoms with Crippen LogP contribution in [0.15, 0.2) is 24.3 Å². The predicted octanol–water partition coefficient (Wildman–Crippen LogP) is 3.00. The average molecular weight is 496 g/mol. The zero-order valence-corrected chi connectivity index (χ0v) is 16.5. The van der Waals surface area contributed by atoms with Crippen molar-refractivity contribution in [3.05, 3.63) is 47.4 Å². The molecule has 0 saturated heterocycles. The molecule has 0 aliphatic rings. The topological polar surface area (TPSA) is 66.2 Å². The Bertz CT molecular complexity index is 581. The van der Waals surface area contributed by atoms with Gasteiger partial charge in [-0.15, -0.1) is 35.9 Å². The Hall–Kier alpha value is -1.09. The van der Waals surface area contributed by atoms with E-state index in [0.29, 0.717) is 6.42 Å². The van der Waals surface area contributed by atoms with Crippen LogP contribution in [0.25, 0.3) is 11.3 Å². The third kappa shape index (κ3) is 7.82. The first-order valence-corrected chi connectivity index (χ1v) is 7.46. The summed E-state index contributed by atoms with van der Waals surface area (Å²) < 4.78 is 0. The molecule has 2 aromatic rings. The van der Waals surface area contributed by atoms with Crippen LogP contribution in [0.4, 0.5) is 0 Å². The van der Waals surface area contributed by atoms with E-state index in [1.54, 1.807) is 13.8 Å². The number of nitrogens with zero attached hydrogens (tertiary/aromatic N) is 2. The van der Waals surface area contributed by atoms with E-state index in [-0.39, 0.29) is 33.3 Å². The Balaban J connectivity index is 0.000000522. The van der Waals surface area contributed by atoms with Gasteiger partial charge in [-0.1, -0.05) is 0 Å². The minimum atomic E-state index is -0.375. The largest absolute Gasteiger partial charge is 0.393 e. The Morgan fingerprint density at radius 3 is 1.96 bits per heavy atom. The van der Waals surface area contributed by atoms with Gasteiger partial charge in [-0.3, -0.25) is 9.97 Å². The molecular formula is C18H25N2O2Pt-. The first-order chi connectivity index (χ1) is 10.3. The zero-order chi connectivity index (χ0) is 16.7. The van der Waals surface area contributed by atoms with E-state index in [2.05, 4.69) is 16.0 Å². The van der Waals surface area contributed by atoms with Crippen molar-refractivity contribution in [1.29, 1.82) is 0 Å². The molecule has 1 heterocycles. The van der Waals surface area contributed by atoms with Crippen LogP contribution < -0.4 is 0 Å². The van der Waals surface area contributed by atoms with Crippen molar-refractivity contribution in [2.24, 2.45) is 0 Å². The SMILES string of the molecule is CC(O)CC(C)O.Cc1nc(C)c(-c2[c-]cccc2)nc1C.[Pt]. The third-order valence-electron chi connectivity index (χ3n) is 3.13. The fourth-order valence-corrected chi connectivity index (χ4v) is 2.00. The van der Waals surface area contributed by atoms with E-state index in [9.17, 15) is 0 Å². The van der Waals surface area contributed by atoms with E-state index < -0.39 is 0 Å². The number of hydrogen-bond donors (Lipinski definition) is 2. The molecule has 4 nitrogen and oxygen atoms in total. The van der Waals surface area contributed by atoms with Crippen LogP contribution in [0.1, 0.15) is 37.4 Å².